The third-order valence-electron chi connectivity index (χ3n) is 5.30. The number of carbonyl (C=O) groups excluding carboxylic acids is 2. The van der Waals surface area contributed by atoms with Gasteiger partial charge in [0.2, 0.25) is 0 Å². The number of rotatable bonds is 7. The lowest BCUT2D eigenvalue weighted by Gasteiger charge is -2.31. The van der Waals surface area contributed by atoms with Crippen LogP contribution in [-0.2, 0) is 13.0 Å². The largest absolute Gasteiger partial charge is 0.336 e. The van der Waals surface area contributed by atoms with E-state index in [0.29, 0.717) is 25.3 Å². The SMILES string of the molecule is O=C(c1cccs1)[C@@H]1CCCN(C(=O)c2cn(CCCc3ccccc3)nn2)C1. The highest BCUT2D eigenvalue weighted by Gasteiger charge is 2.30. The molecule has 4 rings (SSSR count). The molecule has 1 amide bonds. The first kappa shape index (κ1) is 19.5. The molecule has 1 aromatic carbocycles. The summed E-state index contributed by atoms with van der Waals surface area (Å²) in [7, 11) is 0. The Balaban J connectivity index is 1.32. The van der Waals surface area contributed by atoms with Crippen LogP contribution in [0, 0.1) is 5.92 Å². The number of hydrogen-bond donors (Lipinski definition) is 0. The first-order valence-corrected chi connectivity index (χ1v) is 10.9. The number of piperidine rings is 1. The van der Waals surface area contributed by atoms with Crippen molar-refractivity contribution in [3.63, 3.8) is 0 Å². The van der Waals surface area contributed by atoms with Gasteiger partial charge in [-0.05, 0) is 42.7 Å². The average molecular weight is 409 g/mol. The molecule has 0 aliphatic carbocycles. The molecule has 0 radical (unpaired) electrons. The molecule has 0 bridgehead atoms. The van der Waals surface area contributed by atoms with Crippen molar-refractivity contribution in [2.75, 3.05) is 13.1 Å². The van der Waals surface area contributed by atoms with Crippen LogP contribution in [0.2, 0.25) is 0 Å². The van der Waals surface area contributed by atoms with E-state index in [-0.39, 0.29) is 17.6 Å². The fourth-order valence-corrected chi connectivity index (χ4v) is 4.50. The Labute approximate surface area is 174 Å². The fraction of sp³-hybridized carbons (Fsp3) is 0.364. The van der Waals surface area contributed by atoms with Crippen LogP contribution < -0.4 is 0 Å². The van der Waals surface area contributed by atoms with Gasteiger partial charge in [-0.25, -0.2) is 0 Å². The number of carbonyl (C=O) groups is 2. The Morgan fingerprint density at radius 1 is 1.14 bits per heavy atom. The van der Waals surface area contributed by atoms with Crippen LogP contribution >= 0.6 is 11.3 Å². The van der Waals surface area contributed by atoms with Crippen LogP contribution in [-0.4, -0.2) is 44.7 Å². The Hall–Kier alpha value is -2.80. The lowest BCUT2D eigenvalue weighted by Crippen LogP contribution is -2.42. The van der Waals surface area contributed by atoms with Crippen molar-refractivity contribution in [3.8, 4) is 0 Å². The molecule has 7 heteroatoms. The molecule has 0 spiro atoms. The van der Waals surface area contributed by atoms with Gasteiger partial charge in [-0.2, -0.15) is 0 Å². The number of thiophene rings is 1. The number of hydrogen-bond acceptors (Lipinski definition) is 5. The van der Waals surface area contributed by atoms with Gasteiger partial charge >= 0.3 is 0 Å². The van der Waals surface area contributed by atoms with Crippen molar-refractivity contribution in [1.82, 2.24) is 19.9 Å². The number of benzene rings is 1. The monoisotopic (exact) mass is 408 g/mol. The quantitative estimate of drug-likeness (QED) is 0.559. The number of aromatic nitrogens is 3. The van der Waals surface area contributed by atoms with Crippen LogP contribution in [0.5, 0.6) is 0 Å². The molecule has 29 heavy (non-hydrogen) atoms. The van der Waals surface area contributed by atoms with Gasteiger partial charge in [-0.1, -0.05) is 41.6 Å². The molecule has 150 valence electrons. The number of aryl methyl sites for hydroxylation is 2. The van der Waals surface area contributed by atoms with E-state index in [9.17, 15) is 9.59 Å². The van der Waals surface area contributed by atoms with Crippen LogP contribution in [0.25, 0.3) is 0 Å². The summed E-state index contributed by atoms with van der Waals surface area (Å²) in [5.74, 6) is -0.127. The minimum atomic E-state index is -0.136. The van der Waals surface area contributed by atoms with E-state index in [2.05, 4.69) is 22.4 Å². The first-order valence-electron chi connectivity index (χ1n) is 10.0. The topological polar surface area (TPSA) is 68.1 Å². The van der Waals surface area contributed by atoms with Crippen LogP contribution in [0.3, 0.4) is 0 Å². The van der Waals surface area contributed by atoms with Gasteiger partial charge in [-0.15, -0.1) is 16.4 Å². The number of nitrogens with zero attached hydrogens (tertiary/aromatic N) is 4. The first-order chi connectivity index (χ1) is 14.2. The third kappa shape index (κ3) is 4.79. The molecule has 0 saturated carbocycles. The Kier molecular flexibility index (Phi) is 6.14. The van der Waals surface area contributed by atoms with Gasteiger partial charge in [0.05, 0.1) is 11.1 Å². The molecule has 6 nitrogen and oxygen atoms in total. The average Bonchev–Trinajstić information content (AvgIpc) is 3.46. The lowest BCUT2D eigenvalue weighted by molar-refractivity contribution is 0.0633. The van der Waals surface area contributed by atoms with E-state index in [0.717, 1.165) is 30.6 Å². The zero-order valence-electron chi connectivity index (χ0n) is 16.2. The second-order valence-electron chi connectivity index (χ2n) is 7.39. The number of amides is 1. The molecule has 1 aliphatic heterocycles. The van der Waals surface area contributed by atoms with Crippen molar-refractivity contribution in [3.05, 3.63) is 70.2 Å². The summed E-state index contributed by atoms with van der Waals surface area (Å²) in [5.41, 5.74) is 1.65. The fourth-order valence-electron chi connectivity index (χ4n) is 3.75. The highest BCUT2D eigenvalue weighted by molar-refractivity contribution is 7.12. The standard InChI is InChI=1S/C22H24N4O2S/c27-21(20-11-6-14-29-20)18-10-5-12-25(15-18)22(28)19-16-26(24-23-19)13-4-9-17-7-2-1-3-8-17/h1-3,6-8,11,14,16,18H,4-5,9-10,12-13,15H2/t18-/m1/s1. The van der Waals surface area contributed by atoms with E-state index in [1.807, 2.05) is 35.7 Å². The summed E-state index contributed by atoms with van der Waals surface area (Å²) in [5, 5.41) is 10.1. The number of likely N-dealkylation sites (tertiary alicyclic amines) is 1. The van der Waals surface area contributed by atoms with E-state index in [1.165, 1.54) is 16.9 Å². The van der Waals surface area contributed by atoms with Gasteiger partial charge < -0.3 is 4.90 Å². The van der Waals surface area contributed by atoms with Gasteiger partial charge in [0.25, 0.3) is 5.91 Å². The predicted octanol–water partition coefficient (Wildman–Crippen LogP) is 3.71. The van der Waals surface area contributed by atoms with Gasteiger partial charge in [-0.3, -0.25) is 14.3 Å². The van der Waals surface area contributed by atoms with Crippen LogP contribution in [0.1, 0.15) is 45.0 Å². The summed E-state index contributed by atoms with van der Waals surface area (Å²) in [6.07, 6.45) is 5.27. The number of ketones is 1. The molecule has 3 heterocycles. The molecule has 0 N–H and O–H groups in total. The molecule has 0 unspecified atom stereocenters. The smallest absolute Gasteiger partial charge is 0.276 e. The Bertz CT molecular complexity index is 952. The molecule has 2 aromatic heterocycles. The summed E-state index contributed by atoms with van der Waals surface area (Å²) in [6.45, 7) is 1.83. The summed E-state index contributed by atoms with van der Waals surface area (Å²) >= 11 is 1.46. The highest BCUT2D eigenvalue weighted by Crippen LogP contribution is 2.24. The number of Topliss-reactive ketones (excluding diaryl/α,β-unsaturated/α-hetero) is 1. The summed E-state index contributed by atoms with van der Waals surface area (Å²) in [4.78, 5) is 28.0. The molecule has 3 aromatic rings. The molecule has 1 fully saturated rings. The van der Waals surface area contributed by atoms with Crippen molar-refractivity contribution in [2.24, 2.45) is 5.92 Å². The van der Waals surface area contributed by atoms with Gasteiger partial charge in [0.1, 0.15) is 0 Å². The van der Waals surface area contributed by atoms with E-state index < -0.39 is 0 Å². The normalized spacial score (nSPS) is 16.7. The van der Waals surface area contributed by atoms with Crippen LogP contribution in [0.4, 0.5) is 0 Å². The minimum absolute atomic E-state index is 0.132. The maximum atomic E-state index is 12.9. The molecular weight excluding hydrogens is 384 g/mol. The lowest BCUT2D eigenvalue weighted by atomic mass is 9.93. The van der Waals surface area contributed by atoms with E-state index in [4.69, 9.17) is 0 Å². The third-order valence-corrected chi connectivity index (χ3v) is 6.18. The second kappa shape index (κ2) is 9.13. The molecule has 1 aliphatic rings. The van der Waals surface area contributed by atoms with Crippen molar-refractivity contribution < 1.29 is 9.59 Å². The van der Waals surface area contributed by atoms with Crippen molar-refractivity contribution in [2.45, 2.75) is 32.2 Å². The molecular formula is C22H24N4O2S. The van der Waals surface area contributed by atoms with Gasteiger partial charge in [0.15, 0.2) is 11.5 Å². The minimum Gasteiger partial charge on any atom is -0.336 e. The van der Waals surface area contributed by atoms with Crippen molar-refractivity contribution in [1.29, 1.82) is 0 Å². The molecule has 1 atom stereocenters. The Morgan fingerprint density at radius 2 is 2.00 bits per heavy atom. The second-order valence-corrected chi connectivity index (χ2v) is 8.34. The van der Waals surface area contributed by atoms with Crippen LogP contribution in [0.15, 0.2) is 54.0 Å². The summed E-state index contributed by atoms with van der Waals surface area (Å²) in [6, 6.07) is 14.1. The van der Waals surface area contributed by atoms with Crippen molar-refractivity contribution >= 4 is 23.0 Å². The Morgan fingerprint density at radius 3 is 2.79 bits per heavy atom. The summed E-state index contributed by atoms with van der Waals surface area (Å²) < 4.78 is 1.73. The van der Waals surface area contributed by atoms with E-state index in [1.54, 1.807) is 15.8 Å². The van der Waals surface area contributed by atoms with Gasteiger partial charge in [0, 0.05) is 25.6 Å². The molecule has 1 saturated heterocycles. The predicted molar refractivity (Wildman–Crippen MR) is 112 cm³/mol. The highest BCUT2D eigenvalue weighted by atomic mass is 32.1. The van der Waals surface area contributed by atoms with E-state index >= 15 is 0 Å². The zero-order chi connectivity index (χ0) is 20.1. The maximum Gasteiger partial charge on any atom is 0.276 e. The zero-order valence-corrected chi connectivity index (χ0v) is 17.1. The maximum absolute atomic E-state index is 12.9.